The molecule has 1 fully saturated rings. The van der Waals surface area contributed by atoms with E-state index in [0.29, 0.717) is 11.8 Å². The Labute approximate surface area is 140 Å². The maximum absolute atomic E-state index is 12.3. The minimum absolute atomic E-state index is 0.0911. The zero-order valence-electron chi connectivity index (χ0n) is 12.8. The molecule has 1 aromatic carbocycles. The van der Waals surface area contributed by atoms with Crippen LogP contribution in [0, 0.1) is 17.8 Å². The van der Waals surface area contributed by atoms with E-state index in [0.717, 1.165) is 41.4 Å². The van der Waals surface area contributed by atoms with Crippen molar-refractivity contribution in [1.29, 1.82) is 0 Å². The summed E-state index contributed by atoms with van der Waals surface area (Å²) in [5, 5.41) is 4.28. The van der Waals surface area contributed by atoms with Crippen LogP contribution in [0.4, 0.5) is 0 Å². The van der Waals surface area contributed by atoms with Crippen molar-refractivity contribution in [3.05, 3.63) is 46.5 Å². The van der Waals surface area contributed by atoms with Crippen LogP contribution in [0.25, 0.3) is 0 Å². The molecule has 0 bridgehead atoms. The Balaban J connectivity index is 1.58. The molecule has 3 rings (SSSR count). The van der Waals surface area contributed by atoms with Crippen molar-refractivity contribution in [3.63, 3.8) is 0 Å². The van der Waals surface area contributed by atoms with Crippen molar-refractivity contribution < 1.29 is 4.79 Å². The highest BCUT2D eigenvalue weighted by atomic mass is 79.9. The molecule has 0 saturated heterocycles. The minimum Gasteiger partial charge on any atom is -0.273 e. The van der Waals surface area contributed by atoms with Crippen molar-refractivity contribution in [3.8, 4) is 0 Å². The number of carbonyl (C=O) groups is 1. The minimum atomic E-state index is 0.0911. The third-order valence-electron chi connectivity index (χ3n) is 4.73. The van der Waals surface area contributed by atoms with Gasteiger partial charge in [-0.3, -0.25) is 4.79 Å². The van der Waals surface area contributed by atoms with Crippen LogP contribution < -0.4 is 5.43 Å². The smallest absolute Gasteiger partial charge is 0.243 e. The number of halogens is 1. The fourth-order valence-electron chi connectivity index (χ4n) is 3.40. The number of rotatable bonds is 3. The van der Waals surface area contributed by atoms with E-state index in [2.05, 4.69) is 38.6 Å². The largest absolute Gasteiger partial charge is 0.273 e. The van der Waals surface area contributed by atoms with Gasteiger partial charge in [0.15, 0.2) is 0 Å². The molecule has 1 amide bonds. The van der Waals surface area contributed by atoms with Crippen molar-refractivity contribution in [2.75, 3.05) is 0 Å². The molecule has 1 saturated carbocycles. The molecule has 0 radical (unpaired) electrons. The van der Waals surface area contributed by atoms with Crippen LogP contribution >= 0.6 is 15.9 Å². The summed E-state index contributed by atoms with van der Waals surface area (Å²) in [7, 11) is 0. The zero-order valence-corrected chi connectivity index (χ0v) is 14.3. The average Bonchev–Trinajstić information content (AvgIpc) is 3.16. The highest BCUT2D eigenvalue weighted by Crippen LogP contribution is 2.52. The van der Waals surface area contributed by atoms with Crippen molar-refractivity contribution in [2.24, 2.45) is 22.9 Å². The molecule has 0 heterocycles. The van der Waals surface area contributed by atoms with Crippen LogP contribution in [-0.4, -0.2) is 11.6 Å². The number of benzene rings is 1. The fraction of sp³-hybridized carbons (Fsp3) is 0.444. The summed E-state index contributed by atoms with van der Waals surface area (Å²) < 4.78 is 1.04. The second-order valence-electron chi connectivity index (χ2n) is 6.16. The summed E-state index contributed by atoms with van der Waals surface area (Å²) in [6.45, 7) is 1.92. The van der Waals surface area contributed by atoms with Gasteiger partial charge >= 0.3 is 0 Å². The van der Waals surface area contributed by atoms with E-state index in [1.165, 1.54) is 0 Å². The molecule has 3 nitrogen and oxygen atoms in total. The third kappa shape index (κ3) is 3.49. The van der Waals surface area contributed by atoms with E-state index in [-0.39, 0.29) is 11.8 Å². The van der Waals surface area contributed by atoms with Gasteiger partial charge in [-0.25, -0.2) is 5.43 Å². The number of carbonyl (C=O) groups excluding carboxylic acids is 1. The number of hydrazone groups is 1. The van der Waals surface area contributed by atoms with Crippen molar-refractivity contribution in [2.45, 2.75) is 32.6 Å². The van der Waals surface area contributed by atoms with Crippen LogP contribution in [0.5, 0.6) is 0 Å². The van der Waals surface area contributed by atoms with Gasteiger partial charge in [-0.2, -0.15) is 5.10 Å². The van der Waals surface area contributed by atoms with Crippen LogP contribution in [0.1, 0.15) is 38.2 Å². The molecule has 116 valence electrons. The lowest BCUT2D eigenvalue weighted by Crippen LogP contribution is -2.22. The number of hydrogen-bond donors (Lipinski definition) is 1. The third-order valence-corrected chi connectivity index (χ3v) is 5.26. The lowest BCUT2D eigenvalue weighted by molar-refractivity contribution is -0.122. The molecule has 22 heavy (non-hydrogen) atoms. The molecule has 0 spiro atoms. The molecule has 2 aliphatic carbocycles. The van der Waals surface area contributed by atoms with Gasteiger partial charge in [0, 0.05) is 10.4 Å². The predicted molar refractivity (Wildman–Crippen MR) is 92.6 cm³/mol. The van der Waals surface area contributed by atoms with Crippen LogP contribution in [-0.2, 0) is 4.79 Å². The topological polar surface area (TPSA) is 41.5 Å². The summed E-state index contributed by atoms with van der Waals surface area (Å²) in [6, 6.07) is 7.94. The van der Waals surface area contributed by atoms with Crippen molar-refractivity contribution in [1.82, 2.24) is 5.43 Å². The van der Waals surface area contributed by atoms with Crippen LogP contribution in [0.3, 0.4) is 0 Å². The SMILES string of the molecule is C/C(=N/NC(=O)C1[C@H]2CCC=CCC[C@@H]12)c1ccc(Br)cc1. The van der Waals surface area contributed by atoms with Gasteiger partial charge in [0.1, 0.15) is 0 Å². The predicted octanol–water partition coefficient (Wildman–Crippen LogP) is 4.28. The normalized spacial score (nSPS) is 27.5. The quantitative estimate of drug-likeness (QED) is 0.487. The number of hydrogen-bond acceptors (Lipinski definition) is 2. The molecular formula is C18H21BrN2O. The summed E-state index contributed by atoms with van der Waals surface area (Å²) in [5.74, 6) is 1.39. The van der Waals surface area contributed by atoms with Crippen LogP contribution in [0.15, 0.2) is 46.0 Å². The van der Waals surface area contributed by atoms with Gasteiger partial charge in [0.05, 0.1) is 5.71 Å². The molecule has 1 aromatic rings. The molecule has 0 aromatic heterocycles. The highest BCUT2D eigenvalue weighted by molar-refractivity contribution is 9.10. The monoisotopic (exact) mass is 360 g/mol. The van der Waals surface area contributed by atoms with E-state index < -0.39 is 0 Å². The van der Waals surface area contributed by atoms with E-state index in [1.54, 1.807) is 0 Å². The molecular weight excluding hydrogens is 340 g/mol. The Hall–Kier alpha value is -1.42. The molecule has 0 aliphatic heterocycles. The van der Waals surface area contributed by atoms with Crippen molar-refractivity contribution >= 4 is 27.5 Å². The molecule has 2 aliphatic rings. The van der Waals surface area contributed by atoms with Gasteiger partial charge in [0.2, 0.25) is 5.91 Å². The Bertz CT molecular complexity index is 590. The lowest BCUT2D eigenvalue weighted by atomic mass is 10.1. The van der Waals surface area contributed by atoms with E-state index in [9.17, 15) is 4.79 Å². The first-order valence-electron chi connectivity index (χ1n) is 7.92. The van der Waals surface area contributed by atoms with Gasteiger partial charge in [0.25, 0.3) is 0 Å². The zero-order chi connectivity index (χ0) is 15.5. The first kappa shape index (κ1) is 15.5. The van der Waals surface area contributed by atoms with E-state index in [4.69, 9.17) is 0 Å². The lowest BCUT2D eigenvalue weighted by Gasteiger charge is -2.03. The average molecular weight is 361 g/mol. The second kappa shape index (κ2) is 6.78. The Kier molecular flexibility index (Phi) is 4.77. The maximum Gasteiger partial charge on any atom is 0.243 e. The second-order valence-corrected chi connectivity index (χ2v) is 7.08. The molecule has 4 heteroatoms. The van der Waals surface area contributed by atoms with E-state index in [1.807, 2.05) is 31.2 Å². The first-order chi connectivity index (χ1) is 10.7. The summed E-state index contributed by atoms with van der Waals surface area (Å²) >= 11 is 3.42. The number of fused-ring (bicyclic) bond motifs is 1. The Morgan fingerprint density at radius 2 is 1.73 bits per heavy atom. The molecule has 1 unspecified atom stereocenters. The molecule has 3 atom stereocenters. The Morgan fingerprint density at radius 1 is 1.14 bits per heavy atom. The maximum atomic E-state index is 12.3. The number of allylic oxidation sites excluding steroid dienone is 2. The van der Waals surface area contributed by atoms with Gasteiger partial charge in [-0.05, 0) is 62.1 Å². The Morgan fingerprint density at radius 3 is 2.32 bits per heavy atom. The number of nitrogens with one attached hydrogen (secondary N) is 1. The number of nitrogens with zero attached hydrogens (tertiary/aromatic N) is 1. The highest BCUT2D eigenvalue weighted by Gasteiger charge is 2.53. The van der Waals surface area contributed by atoms with Gasteiger partial charge < -0.3 is 0 Å². The summed E-state index contributed by atoms with van der Waals surface area (Å²) in [5.41, 5.74) is 4.63. The fourth-order valence-corrected chi connectivity index (χ4v) is 3.67. The van der Waals surface area contributed by atoms with Gasteiger partial charge in [-0.15, -0.1) is 0 Å². The van der Waals surface area contributed by atoms with E-state index >= 15 is 0 Å². The number of amides is 1. The summed E-state index contributed by atoms with van der Waals surface area (Å²) in [4.78, 5) is 12.3. The van der Waals surface area contributed by atoms with Gasteiger partial charge in [-0.1, -0.05) is 40.2 Å². The van der Waals surface area contributed by atoms with Crippen LogP contribution in [0.2, 0.25) is 0 Å². The first-order valence-corrected chi connectivity index (χ1v) is 8.71. The molecule has 1 N–H and O–H groups in total. The summed E-state index contributed by atoms with van der Waals surface area (Å²) in [6.07, 6.45) is 8.97. The standard InChI is InChI=1S/C18H21BrN2O/c1-12(13-8-10-14(19)11-9-13)20-21-18(22)17-15-6-4-2-3-5-7-16(15)17/h2-3,8-11,15-17H,4-7H2,1H3,(H,21,22)/b3-2?,20-12-/t15-,16+,17?.